The van der Waals surface area contributed by atoms with Crippen LogP contribution in [0.2, 0.25) is 5.02 Å². The van der Waals surface area contributed by atoms with Gasteiger partial charge in [0.1, 0.15) is 5.57 Å². The van der Waals surface area contributed by atoms with E-state index >= 15 is 0 Å². The molecule has 2 aromatic carbocycles. The lowest BCUT2D eigenvalue weighted by Crippen LogP contribution is -2.54. The molecule has 1 N–H and O–H groups in total. The molecule has 7 heteroatoms. The molecular weight excluding hydrogens is 378 g/mol. The van der Waals surface area contributed by atoms with E-state index < -0.39 is 17.8 Å². The molecule has 4 amide bonds. The van der Waals surface area contributed by atoms with Crippen LogP contribution in [0, 0.1) is 0 Å². The van der Waals surface area contributed by atoms with Crippen LogP contribution in [0.25, 0.3) is 17.0 Å². The van der Waals surface area contributed by atoms with Gasteiger partial charge in [-0.3, -0.25) is 14.9 Å². The van der Waals surface area contributed by atoms with Gasteiger partial charge in [0.15, 0.2) is 0 Å². The minimum atomic E-state index is -0.787. The van der Waals surface area contributed by atoms with Crippen molar-refractivity contribution in [2.24, 2.45) is 0 Å². The smallest absolute Gasteiger partial charge is 0.335 e. The quantitative estimate of drug-likeness (QED) is 0.540. The van der Waals surface area contributed by atoms with E-state index in [1.807, 2.05) is 42.0 Å². The number of carbonyl (C=O) groups is 3. The second kappa shape index (κ2) is 6.98. The zero-order chi connectivity index (χ0) is 19.8. The van der Waals surface area contributed by atoms with Gasteiger partial charge in [0.25, 0.3) is 11.8 Å². The number of urea groups is 1. The largest absolute Gasteiger partial charge is 0.347 e. The van der Waals surface area contributed by atoms with Crippen LogP contribution < -0.4 is 10.2 Å². The number of carbonyl (C=O) groups excluding carboxylic acids is 3. The van der Waals surface area contributed by atoms with Crippen molar-refractivity contribution in [3.63, 3.8) is 0 Å². The third-order valence-electron chi connectivity index (χ3n) is 4.65. The van der Waals surface area contributed by atoms with Gasteiger partial charge in [0.2, 0.25) is 0 Å². The molecule has 2 heterocycles. The zero-order valence-electron chi connectivity index (χ0n) is 15.0. The molecule has 1 saturated heterocycles. The molecule has 0 bridgehead atoms. The maximum absolute atomic E-state index is 13.0. The number of barbiturate groups is 1. The van der Waals surface area contributed by atoms with Crippen LogP contribution in [0.15, 0.2) is 60.3 Å². The van der Waals surface area contributed by atoms with Crippen molar-refractivity contribution in [2.45, 2.75) is 13.5 Å². The number of halogens is 1. The minimum absolute atomic E-state index is 0.103. The first-order chi connectivity index (χ1) is 13.5. The third kappa shape index (κ3) is 2.97. The summed E-state index contributed by atoms with van der Waals surface area (Å²) >= 11 is 5.88. The van der Waals surface area contributed by atoms with E-state index in [0.29, 0.717) is 10.7 Å². The molecule has 1 aliphatic rings. The van der Waals surface area contributed by atoms with Crippen molar-refractivity contribution < 1.29 is 14.4 Å². The molecule has 4 rings (SSSR count). The highest BCUT2D eigenvalue weighted by molar-refractivity contribution is 6.39. The average molecular weight is 394 g/mol. The van der Waals surface area contributed by atoms with Crippen LogP contribution in [-0.4, -0.2) is 22.4 Å². The lowest BCUT2D eigenvalue weighted by atomic mass is 10.1. The van der Waals surface area contributed by atoms with E-state index in [4.69, 9.17) is 11.6 Å². The van der Waals surface area contributed by atoms with Gasteiger partial charge in [-0.05, 0) is 43.3 Å². The van der Waals surface area contributed by atoms with Gasteiger partial charge < -0.3 is 4.57 Å². The lowest BCUT2D eigenvalue weighted by Gasteiger charge is -2.26. The van der Waals surface area contributed by atoms with Crippen LogP contribution >= 0.6 is 11.6 Å². The topological polar surface area (TPSA) is 71.4 Å². The van der Waals surface area contributed by atoms with Crippen molar-refractivity contribution in [1.82, 2.24) is 9.88 Å². The molecule has 1 aliphatic heterocycles. The van der Waals surface area contributed by atoms with Crippen LogP contribution in [-0.2, 0) is 16.1 Å². The first-order valence-electron chi connectivity index (χ1n) is 8.74. The van der Waals surface area contributed by atoms with Gasteiger partial charge in [0, 0.05) is 34.2 Å². The number of hydrogen-bond donors (Lipinski definition) is 1. The van der Waals surface area contributed by atoms with Gasteiger partial charge in [-0.2, -0.15) is 0 Å². The summed E-state index contributed by atoms with van der Waals surface area (Å²) in [5.41, 5.74) is 1.97. The second-order valence-corrected chi connectivity index (χ2v) is 6.76. The first kappa shape index (κ1) is 18.0. The van der Waals surface area contributed by atoms with Gasteiger partial charge >= 0.3 is 6.03 Å². The number of nitrogens with one attached hydrogen (secondary N) is 1. The fraction of sp³-hybridized carbons (Fsp3) is 0.0952. The molecule has 0 saturated carbocycles. The molecule has 1 aromatic heterocycles. The molecular formula is C21H16ClN3O3. The van der Waals surface area contributed by atoms with Gasteiger partial charge in [-0.1, -0.05) is 29.8 Å². The Labute approximate surface area is 166 Å². The summed E-state index contributed by atoms with van der Waals surface area (Å²) in [6.45, 7) is 2.77. The van der Waals surface area contributed by atoms with Crippen LogP contribution in [0.3, 0.4) is 0 Å². The standard InChI is InChI=1S/C21H16ClN3O3/c1-2-24-12-13(16-5-3-4-6-18(16)24)11-17-19(26)23-21(28)25(20(17)27)15-9-7-14(22)8-10-15/h3-12H,2H2,1H3,(H,23,26,28)/b17-11-. The predicted molar refractivity (Wildman–Crippen MR) is 108 cm³/mol. The molecule has 28 heavy (non-hydrogen) atoms. The fourth-order valence-electron chi connectivity index (χ4n) is 3.29. The van der Waals surface area contributed by atoms with Gasteiger partial charge in [0.05, 0.1) is 5.69 Å². The SMILES string of the molecule is CCn1cc(/C=C2/C(=O)NC(=O)N(c3ccc(Cl)cc3)C2=O)c2ccccc21. The van der Waals surface area contributed by atoms with E-state index in [1.54, 1.807) is 24.3 Å². The molecule has 0 unspecified atom stereocenters. The third-order valence-corrected chi connectivity index (χ3v) is 4.90. The summed E-state index contributed by atoms with van der Waals surface area (Å²) in [6.07, 6.45) is 3.42. The number of para-hydroxylation sites is 1. The molecule has 0 atom stereocenters. The van der Waals surface area contributed by atoms with Crippen molar-refractivity contribution in [3.8, 4) is 0 Å². The number of hydrogen-bond acceptors (Lipinski definition) is 3. The summed E-state index contributed by atoms with van der Waals surface area (Å²) < 4.78 is 2.04. The molecule has 0 aliphatic carbocycles. The molecule has 3 aromatic rings. The zero-order valence-corrected chi connectivity index (χ0v) is 15.7. The second-order valence-electron chi connectivity index (χ2n) is 6.32. The Morgan fingerprint density at radius 3 is 2.46 bits per heavy atom. The maximum atomic E-state index is 13.0. The van der Waals surface area contributed by atoms with Gasteiger partial charge in [-0.15, -0.1) is 0 Å². The van der Waals surface area contributed by atoms with E-state index in [9.17, 15) is 14.4 Å². The fourth-order valence-corrected chi connectivity index (χ4v) is 3.42. The number of anilines is 1. The Morgan fingerprint density at radius 1 is 1.04 bits per heavy atom. The Hall–Kier alpha value is -3.38. The number of rotatable bonds is 3. The summed E-state index contributed by atoms with van der Waals surface area (Å²) in [4.78, 5) is 38.6. The number of benzene rings is 2. The Bertz CT molecular complexity index is 1150. The number of nitrogens with zero attached hydrogens (tertiary/aromatic N) is 2. The van der Waals surface area contributed by atoms with Crippen molar-refractivity contribution in [1.29, 1.82) is 0 Å². The van der Waals surface area contributed by atoms with Crippen LogP contribution in [0.4, 0.5) is 10.5 Å². The summed E-state index contributed by atoms with van der Waals surface area (Å²) in [6, 6.07) is 13.2. The lowest BCUT2D eigenvalue weighted by molar-refractivity contribution is -0.122. The highest BCUT2D eigenvalue weighted by atomic mass is 35.5. The van der Waals surface area contributed by atoms with E-state index in [2.05, 4.69) is 5.32 Å². The van der Waals surface area contributed by atoms with Crippen molar-refractivity contribution >= 4 is 52.1 Å². The molecule has 140 valence electrons. The average Bonchev–Trinajstić information content (AvgIpc) is 3.04. The summed E-state index contributed by atoms with van der Waals surface area (Å²) in [5.74, 6) is -1.39. The first-order valence-corrected chi connectivity index (χ1v) is 9.12. The predicted octanol–water partition coefficient (Wildman–Crippen LogP) is 3.98. The number of aryl methyl sites for hydroxylation is 1. The van der Waals surface area contributed by atoms with Crippen molar-refractivity contribution in [2.75, 3.05) is 4.90 Å². The number of aromatic nitrogens is 1. The van der Waals surface area contributed by atoms with Crippen LogP contribution in [0.1, 0.15) is 12.5 Å². The summed E-state index contributed by atoms with van der Waals surface area (Å²) in [5, 5.41) is 3.63. The Kier molecular flexibility index (Phi) is 4.49. The molecule has 0 radical (unpaired) electrons. The molecule has 6 nitrogen and oxygen atoms in total. The van der Waals surface area contributed by atoms with Gasteiger partial charge in [-0.25, -0.2) is 9.69 Å². The van der Waals surface area contributed by atoms with E-state index in [0.717, 1.165) is 27.9 Å². The monoisotopic (exact) mass is 393 g/mol. The Balaban J connectivity index is 1.80. The highest BCUT2D eigenvalue weighted by Gasteiger charge is 2.36. The van der Waals surface area contributed by atoms with E-state index in [1.165, 1.54) is 6.08 Å². The summed E-state index contributed by atoms with van der Waals surface area (Å²) in [7, 11) is 0. The van der Waals surface area contributed by atoms with E-state index in [-0.39, 0.29) is 5.57 Å². The maximum Gasteiger partial charge on any atom is 0.335 e. The highest BCUT2D eigenvalue weighted by Crippen LogP contribution is 2.27. The number of fused-ring (bicyclic) bond motifs is 1. The van der Waals surface area contributed by atoms with Crippen molar-refractivity contribution in [3.05, 3.63) is 70.9 Å². The molecule has 0 spiro atoms. The minimum Gasteiger partial charge on any atom is -0.347 e. The Morgan fingerprint density at radius 2 is 1.75 bits per heavy atom. The normalized spacial score (nSPS) is 16.1. The number of imide groups is 2. The molecule has 1 fully saturated rings. The number of amides is 4. The van der Waals surface area contributed by atoms with Crippen LogP contribution in [0.5, 0.6) is 0 Å².